The number of nitrogens with zero attached hydrogens (tertiary/aromatic N) is 2. The number of para-hydroxylation sites is 3. The predicted molar refractivity (Wildman–Crippen MR) is 110 cm³/mol. The Labute approximate surface area is 164 Å². The van der Waals surface area contributed by atoms with E-state index < -0.39 is 0 Å². The van der Waals surface area contributed by atoms with Gasteiger partial charge in [-0.3, -0.25) is 4.79 Å². The van der Waals surface area contributed by atoms with E-state index in [-0.39, 0.29) is 11.8 Å². The average Bonchev–Trinajstić information content (AvgIpc) is 3.18. The minimum atomic E-state index is -0.0405. The third kappa shape index (κ3) is 3.96. The number of anilines is 1. The van der Waals surface area contributed by atoms with Crippen LogP contribution in [0.2, 0.25) is 0 Å². The lowest BCUT2D eigenvalue weighted by atomic mass is 9.97. The number of ether oxygens (including phenoxy) is 1. The Bertz CT molecular complexity index is 919. The van der Waals surface area contributed by atoms with Crippen LogP contribution in [0, 0.1) is 5.92 Å². The van der Waals surface area contributed by atoms with Crippen molar-refractivity contribution in [2.75, 3.05) is 24.6 Å². The summed E-state index contributed by atoms with van der Waals surface area (Å²) in [5.74, 6) is 1.73. The Morgan fingerprint density at radius 2 is 2.07 bits per heavy atom. The lowest BCUT2D eigenvalue weighted by Crippen LogP contribution is -2.43. The number of amides is 1. The van der Waals surface area contributed by atoms with Gasteiger partial charge in [0.25, 0.3) is 0 Å². The van der Waals surface area contributed by atoms with Crippen molar-refractivity contribution in [2.45, 2.75) is 26.3 Å². The number of H-pyrrole nitrogens is 1. The van der Waals surface area contributed by atoms with E-state index in [0.717, 1.165) is 47.7 Å². The van der Waals surface area contributed by atoms with Crippen molar-refractivity contribution in [1.82, 2.24) is 15.3 Å². The molecule has 2 aromatic carbocycles. The first-order chi connectivity index (χ1) is 13.7. The molecule has 0 radical (unpaired) electrons. The van der Waals surface area contributed by atoms with Crippen molar-refractivity contribution in [2.24, 2.45) is 5.92 Å². The molecule has 28 heavy (non-hydrogen) atoms. The molecular weight excluding hydrogens is 352 g/mol. The van der Waals surface area contributed by atoms with Gasteiger partial charge in [-0.1, -0.05) is 30.3 Å². The topological polar surface area (TPSA) is 70.2 Å². The first-order valence-corrected chi connectivity index (χ1v) is 9.92. The number of benzene rings is 2. The molecule has 1 saturated heterocycles. The van der Waals surface area contributed by atoms with Gasteiger partial charge in [0, 0.05) is 25.2 Å². The second kappa shape index (κ2) is 8.33. The Morgan fingerprint density at radius 3 is 2.93 bits per heavy atom. The van der Waals surface area contributed by atoms with E-state index in [1.54, 1.807) is 0 Å². The number of nitrogens with one attached hydrogen (secondary N) is 2. The highest BCUT2D eigenvalue weighted by molar-refractivity contribution is 5.80. The minimum Gasteiger partial charge on any atom is -0.494 e. The summed E-state index contributed by atoms with van der Waals surface area (Å²) < 4.78 is 5.65. The van der Waals surface area contributed by atoms with Gasteiger partial charge in [-0.15, -0.1) is 0 Å². The smallest absolute Gasteiger partial charge is 0.225 e. The Morgan fingerprint density at radius 1 is 1.25 bits per heavy atom. The number of rotatable bonds is 6. The van der Waals surface area contributed by atoms with Gasteiger partial charge >= 0.3 is 0 Å². The average molecular weight is 378 g/mol. The number of aromatic nitrogens is 2. The predicted octanol–water partition coefficient (Wildman–Crippen LogP) is 3.49. The van der Waals surface area contributed by atoms with Crippen LogP contribution in [-0.2, 0) is 11.3 Å². The van der Waals surface area contributed by atoms with Gasteiger partial charge < -0.3 is 19.9 Å². The van der Waals surface area contributed by atoms with Crippen LogP contribution in [-0.4, -0.2) is 35.6 Å². The summed E-state index contributed by atoms with van der Waals surface area (Å²) >= 11 is 0. The standard InChI is InChI=1S/C22H26N4O2/c1-2-28-20-12-6-3-8-16(20)14-23-21(27)17-9-7-13-26(15-17)22-24-18-10-4-5-11-19(18)25-22/h3-6,8,10-12,17H,2,7,9,13-15H2,1H3,(H,23,27)(H,24,25)/t17-/m1/s1. The minimum absolute atomic E-state index is 0.0405. The van der Waals surface area contributed by atoms with E-state index in [2.05, 4.69) is 20.2 Å². The number of hydrogen-bond donors (Lipinski definition) is 2. The number of imidazole rings is 1. The van der Waals surface area contributed by atoms with Crippen LogP contribution >= 0.6 is 0 Å². The maximum absolute atomic E-state index is 12.8. The quantitative estimate of drug-likeness (QED) is 0.689. The van der Waals surface area contributed by atoms with Crippen molar-refractivity contribution < 1.29 is 9.53 Å². The number of hydrogen-bond acceptors (Lipinski definition) is 4. The van der Waals surface area contributed by atoms with Gasteiger partial charge in [0.05, 0.1) is 23.6 Å². The van der Waals surface area contributed by atoms with Crippen molar-refractivity contribution in [3.05, 3.63) is 54.1 Å². The highest BCUT2D eigenvalue weighted by atomic mass is 16.5. The van der Waals surface area contributed by atoms with Gasteiger partial charge in [0.1, 0.15) is 5.75 Å². The molecule has 0 bridgehead atoms. The van der Waals surface area contributed by atoms with Crippen LogP contribution in [0.15, 0.2) is 48.5 Å². The molecule has 146 valence electrons. The Hall–Kier alpha value is -3.02. The van der Waals surface area contributed by atoms with Crippen LogP contribution in [0.25, 0.3) is 11.0 Å². The van der Waals surface area contributed by atoms with E-state index >= 15 is 0 Å². The number of carbonyl (C=O) groups excluding carboxylic acids is 1. The summed E-state index contributed by atoms with van der Waals surface area (Å²) in [5.41, 5.74) is 2.98. The van der Waals surface area contributed by atoms with E-state index in [4.69, 9.17) is 4.74 Å². The van der Waals surface area contributed by atoms with Crippen molar-refractivity contribution in [3.63, 3.8) is 0 Å². The maximum atomic E-state index is 12.8. The molecule has 6 heteroatoms. The van der Waals surface area contributed by atoms with Gasteiger partial charge in [0.15, 0.2) is 0 Å². The molecule has 1 aromatic heterocycles. The first-order valence-electron chi connectivity index (χ1n) is 9.92. The van der Waals surface area contributed by atoms with E-state index in [9.17, 15) is 4.79 Å². The fraction of sp³-hybridized carbons (Fsp3) is 0.364. The monoisotopic (exact) mass is 378 g/mol. The van der Waals surface area contributed by atoms with Crippen LogP contribution < -0.4 is 15.0 Å². The molecule has 2 N–H and O–H groups in total. The zero-order chi connectivity index (χ0) is 19.3. The first kappa shape index (κ1) is 18.3. The van der Waals surface area contributed by atoms with Crippen molar-refractivity contribution in [1.29, 1.82) is 0 Å². The van der Waals surface area contributed by atoms with Gasteiger partial charge in [-0.25, -0.2) is 4.98 Å². The van der Waals surface area contributed by atoms with Gasteiger partial charge in [-0.05, 0) is 38.0 Å². The summed E-state index contributed by atoms with van der Waals surface area (Å²) in [6, 6.07) is 15.9. The number of piperidine rings is 1. The summed E-state index contributed by atoms with van der Waals surface area (Å²) in [6.45, 7) is 4.65. The largest absolute Gasteiger partial charge is 0.494 e. The molecular formula is C22H26N4O2. The molecule has 2 heterocycles. The van der Waals surface area contributed by atoms with Gasteiger partial charge in [-0.2, -0.15) is 0 Å². The highest BCUT2D eigenvalue weighted by Crippen LogP contribution is 2.24. The van der Waals surface area contributed by atoms with E-state index in [0.29, 0.717) is 19.7 Å². The normalized spacial score (nSPS) is 16.9. The number of carbonyl (C=O) groups is 1. The summed E-state index contributed by atoms with van der Waals surface area (Å²) in [7, 11) is 0. The Balaban J connectivity index is 1.39. The van der Waals surface area contributed by atoms with Crippen molar-refractivity contribution in [3.8, 4) is 5.75 Å². The fourth-order valence-corrected chi connectivity index (χ4v) is 3.75. The highest BCUT2D eigenvalue weighted by Gasteiger charge is 2.27. The van der Waals surface area contributed by atoms with Crippen LogP contribution in [0.4, 0.5) is 5.95 Å². The third-order valence-electron chi connectivity index (χ3n) is 5.19. The second-order valence-electron chi connectivity index (χ2n) is 7.12. The SMILES string of the molecule is CCOc1ccccc1CNC(=O)[C@@H]1CCCN(c2nc3ccccc3[nH]2)C1. The molecule has 0 saturated carbocycles. The summed E-state index contributed by atoms with van der Waals surface area (Å²) in [6.07, 6.45) is 1.88. The molecule has 6 nitrogen and oxygen atoms in total. The lowest BCUT2D eigenvalue weighted by Gasteiger charge is -2.31. The molecule has 1 fully saturated rings. The molecule has 1 atom stereocenters. The Kier molecular flexibility index (Phi) is 5.46. The van der Waals surface area contributed by atoms with Gasteiger partial charge in [0.2, 0.25) is 11.9 Å². The van der Waals surface area contributed by atoms with Crippen LogP contribution in [0.5, 0.6) is 5.75 Å². The number of aromatic amines is 1. The molecule has 0 spiro atoms. The maximum Gasteiger partial charge on any atom is 0.225 e. The molecule has 0 unspecified atom stereocenters. The molecule has 4 rings (SSSR count). The molecule has 1 amide bonds. The second-order valence-corrected chi connectivity index (χ2v) is 7.12. The summed E-state index contributed by atoms with van der Waals surface area (Å²) in [4.78, 5) is 23.0. The fourth-order valence-electron chi connectivity index (χ4n) is 3.75. The van der Waals surface area contributed by atoms with E-state index in [1.807, 2.05) is 55.5 Å². The molecule has 3 aromatic rings. The zero-order valence-electron chi connectivity index (χ0n) is 16.1. The molecule has 1 aliphatic rings. The molecule has 0 aliphatic carbocycles. The third-order valence-corrected chi connectivity index (χ3v) is 5.19. The zero-order valence-corrected chi connectivity index (χ0v) is 16.1. The summed E-state index contributed by atoms with van der Waals surface area (Å²) in [5, 5.41) is 3.09. The number of fused-ring (bicyclic) bond motifs is 1. The van der Waals surface area contributed by atoms with Crippen LogP contribution in [0.3, 0.4) is 0 Å². The van der Waals surface area contributed by atoms with Crippen LogP contribution in [0.1, 0.15) is 25.3 Å². The molecule has 1 aliphatic heterocycles. The van der Waals surface area contributed by atoms with E-state index in [1.165, 1.54) is 0 Å². The lowest BCUT2D eigenvalue weighted by molar-refractivity contribution is -0.125. The van der Waals surface area contributed by atoms with Crippen molar-refractivity contribution >= 4 is 22.9 Å².